The Morgan fingerprint density at radius 2 is 1.82 bits per heavy atom. The molecular formula is C33H48N4O2. The first-order chi connectivity index (χ1) is 18.9. The van der Waals surface area contributed by atoms with E-state index in [0.29, 0.717) is 25.5 Å². The van der Waals surface area contributed by atoms with Gasteiger partial charge in [0.25, 0.3) is 0 Å². The number of para-hydroxylation sites is 1. The Bertz CT molecular complexity index is 1120. The first kappa shape index (κ1) is 33.6. The number of nitrogens with one attached hydrogen (secondary N) is 1. The van der Waals surface area contributed by atoms with Crippen molar-refractivity contribution in [1.29, 1.82) is 0 Å². The van der Waals surface area contributed by atoms with Gasteiger partial charge in [0, 0.05) is 36.2 Å². The number of carbonyl (C=O) groups excluding carboxylic acids is 1. The predicted octanol–water partition coefficient (Wildman–Crippen LogP) is 8.75. The Kier molecular flexibility index (Phi) is 17.0. The number of aromatic nitrogens is 1. The van der Waals surface area contributed by atoms with Crippen molar-refractivity contribution >= 4 is 34.7 Å². The second-order valence-electron chi connectivity index (χ2n) is 9.25. The topological polar surface area (TPSA) is 75.9 Å². The van der Waals surface area contributed by atoms with Crippen molar-refractivity contribution < 1.29 is 9.53 Å². The van der Waals surface area contributed by atoms with Crippen molar-refractivity contribution in [1.82, 2.24) is 4.98 Å². The number of hydrogen-bond donors (Lipinski definition) is 1. The van der Waals surface area contributed by atoms with Crippen LogP contribution in [0.25, 0.3) is 6.08 Å². The lowest BCUT2D eigenvalue weighted by Gasteiger charge is -2.15. The molecule has 3 rings (SSSR count). The normalized spacial score (nSPS) is 12.5. The van der Waals surface area contributed by atoms with Crippen LogP contribution in [0.15, 0.2) is 64.7 Å². The number of nitrogens with zero attached hydrogens (tertiary/aromatic N) is 3. The Morgan fingerprint density at radius 1 is 1.13 bits per heavy atom. The Labute approximate surface area is 236 Å². The van der Waals surface area contributed by atoms with Crippen molar-refractivity contribution in [2.45, 2.75) is 87.8 Å². The third-order valence-corrected chi connectivity index (χ3v) is 5.65. The first-order valence-corrected chi connectivity index (χ1v) is 14.2. The molecule has 6 heteroatoms. The fourth-order valence-electron chi connectivity index (χ4n) is 3.39. The summed E-state index contributed by atoms with van der Waals surface area (Å²) in [6, 6.07) is 12.3. The molecule has 212 valence electrons. The summed E-state index contributed by atoms with van der Waals surface area (Å²) in [5.41, 5.74) is 6.85. The first-order valence-electron chi connectivity index (χ1n) is 14.2. The van der Waals surface area contributed by atoms with Crippen LogP contribution in [-0.2, 0) is 22.7 Å². The summed E-state index contributed by atoms with van der Waals surface area (Å²) in [6.07, 6.45) is 10.4. The number of hydrogen-bond acceptors (Lipinski definition) is 6. The van der Waals surface area contributed by atoms with Crippen LogP contribution in [0.4, 0.5) is 11.4 Å². The molecule has 2 heterocycles. The monoisotopic (exact) mass is 532 g/mol. The molecular weight excluding hydrogens is 484 g/mol. The Hall–Kier alpha value is -3.38. The molecule has 1 N–H and O–H groups in total. The summed E-state index contributed by atoms with van der Waals surface area (Å²) in [5, 5.41) is 3.56. The van der Waals surface area contributed by atoms with E-state index in [9.17, 15) is 4.79 Å². The summed E-state index contributed by atoms with van der Waals surface area (Å²) in [5.74, 6) is 0.880. The van der Waals surface area contributed by atoms with Gasteiger partial charge < -0.3 is 14.8 Å². The van der Waals surface area contributed by atoms with Gasteiger partial charge in [-0.1, -0.05) is 65.8 Å². The number of benzene rings is 1. The minimum absolute atomic E-state index is 0.255. The van der Waals surface area contributed by atoms with Gasteiger partial charge in [-0.25, -0.2) is 0 Å². The van der Waals surface area contributed by atoms with E-state index < -0.39 is 0 Å². The van der Waals surface area contributed by atoms with Crippen LogP contribution in [0.2, 0.25) is 0 Å². The fraction of sp³-hybridized carbons (Fsp3) is 0.455. The number of ketones is 1. The molecule has 0 atom stereocenters. The van der Waals surface area contributed by atoms with Crippen molar-refractivity contribution in [3.05, 3.63) is 71.7 Å². The van der Waals surface area contributed by atoms with Gasteiger partial charge in [0.15, 0.2) is 0 Å². The van der Waals surface area contributed by atoms with Crippen LogP contribution in [0.5, 0.6) is 0 Å². The number of fused-ring (bicyclic) bond motifs is 1. The minimum atomic E-state index is 0.255. The molecule has 2 aromatic rings. The molecule has 1 aliphatic heterocycles. The third kappa shape index (κ3) is 12.8. The Balaban J connectivity index is 0.000000975. The quantitative estimate of drug-likeness (QED) is 0.232. The van der Waals surface area contributed by atoms with Gasteiger partial charge in [0.05, 0.1) is 36.0 Å². The maximum absolute atomic E-state index is 9.81. The molecule has 0 spiro atoms. The van der Waals surface area contributed by atoms with Crippen LogP contribution < -0.4 is 5.32 Å². The molecule has 0 saturated heterocycles. The third-order valence-electron chi connectivity index (χ3n) is 5.65. The molecule has 6 nitrogen and oxygen atoms in total. The molecule has 39 heavy (non-hydrogen) atoms. The van der Waals surface area contributed by atoms with E-state index >= 15 is 0 Å². The summed E-state index contributed by atoms with van der Waals surface area (Å²) >= 11 is 0. The van der Waals surface area contributed by atoms with Gasteiger partial charge in [-0.05, 0) is 63.0 Å². The van der Waals surface area contributed by atoms with E-state index in [2.05, 4.69) is 55.4 Å². The van der Waals surface area contributed by atoms with Crippen molar-refractivity contribution in [3.8, 4) is 0 Å². The number of ether oxygens (including phenoxy) is 1. The fourth-order valence-corrected chi connectivity index (χ4v) is 3.39. The molecule has 0 unspecified atom stereocenters. The van der Waals surface area contributed by atoms with Crippen LogP contribution in [0, 0.1) is 5.92 Å². The molecule has 0 saturated carbocycles. The molecule has 0 bridgehead atoms. The molecule has 1 aromatic heterocycles. The summed E-state index contributed by atoms with van der Waals surface area (Å²) in [7, 11) is 0. The molecule has 0 amide bonds. The lowest BCUT2D eigenvalue weighted by Crippen LogP contribution is -2.10. The average molecular weight is 533 g/mol. The van der Waals surface area contributed by atoms with E-state index in [1.165, 1.54) is 0 Å². The molecule has 1 aliphatic rings. The van der Waals surface area contributed by atoms with Crippen LogP contribution in [0.1, 0.15) is 91.6 Å². The van der Waals surface area contributed by atoms with Crippen LogP contribution in [-0.4, -0.2) is 28.8 Å². The van der Waals surface area contributed by atoms with Crippen LogP contribution in [0.3, 0.4) is 0 Å². The SMILES string of the molecule is C/C=C\N=C(CC)C1=NCc2nc(COCCC(C)C)cc(Nc3ccccc3)c2C=C1.CC.CCC(C)=O. The predicted molar refractivity (Wildman–Crippen MR) is 168 cm³/mol. The van der Waals surface area contributed by atoms with Crippen molar-refractivity contribution in [3.63, 3.8) is 0 Å². The van der Waals surface area contributed by atoms with E-state index in [0.717, 1.165) is 59.2 Å². The molecule has 0 fully saturated rings. The van der Waals surface area contributed by atoms with E-state index in [1.807, 2.05) is 64.2 Å². The zero-order valence-corrected chi connectivity index (χ0v) is 25.3. The maximum Gasteiger partial charge on any atom is 0.129 e. The van der Waals surface area contributed by atoms with Gasteiger partial charge in [-0.2, -0.15) is 0 Å². The second kappa shape index (κ2) is 19.7. The highest BCUT2D eigenvalue weighted by molar-refractivity contribution is 6.47. The van der Waals surface area contributed by atoms with Gasteiger partial charge >= 0.3 is 0 Å². The highest BCUT2D eigenvalue weighted by Gasteiger charge is 2.15. The number of carbonyl (C=O) groups is 1. The largest absolute Gasteiger partial charge is 0.375 e. The maximum atomic E-state index is 9.81. The van der Waals surface area contributed by atoms with E-state index in [4.69, 9.17) is 14.7 Å². The molecule has 0 radical (unpaired) electrons. The summed E-state index contributed by atoms with van der Waals surface area (Å²) in [6.45, 7) is 17.7. The number of anilines is 2. The zero-order valence-electron chi connectivity index (χ0n) is 25.3. The number of aliphatic imine (C=N–C) groups is 2. The Morgan fingerprint density at radius 3 is 2.41 bits per heavy atom. The number of Topliss-reactive ketones (excluding diaryl/α,β-unsaturated/α-hetero) is 1. The average Bonchev–Trinajstić information content (AvgIpc) is 3.16. The lowest BCUT2D eigenvalue weighted by atomic mass is 10.1. The smallest absolute Gasteiger partial charge is 0.129 e. The van der Waals surface area contributed by atoms with Gasteiger partial charge in [-0.15, -0.1) is 0 Å². The van der Waals surface area contributed by atoms with Gasteiger partial charge in [0.1, 0.15) is 5.78 Å². The number of pyridine rings is 1. The minimum Gasteiger partial charge on any atom is -0.375 e. The summed E-state index contributed by atoms with van der Waals surface area (Å²) in [4.78, 5) is 24.1. The lowest BCUT2D eigenvalue weighted by molar-refractivity contribution is -0.116. The van der Waals surface area contributed by atoms with Gasteiger partial charge in [-0.3, -0.25) is 15.0 Å². The number of rotatable bonds is 11. The standard InChI is InChI=1S/C27H34N4O.C4H8O.C2H6/c1-5-15-28-24(6-2)25-13-12-23-26(30-21-10-8-7-9-11-21)17-22(31-27(23)18-29-25)19-32-16-14-20(3)4;1-3-4(2)5;1-2/h5,7-13,15,17,20H,6,14,16,18-19H2,1-4H3,(H,30,31);3H2,1-2H3;1-2H3/b15-5-,28-24?;;. The highest BCUT2D eigenvalue weighted by Crippen LogP contribution is 2.28. The molecule has 1 aromatic carbocycles. The van der Waals surface area contributed by atoms with Gasteiger partial charge in [0.2, 0.25) is 0 Å². The van der Waals surface area contributed by atoms with Crippen LogP contribution >= 0.6 is 0 Å². The van der Waals surface area contributed by atoms with Crippen molar-refractivity contribution in [2.24, 2.45) is 15.9 Å². The van der Waals surface area contributed by atoms with Crippen molar-refractivity contribution in [2.75, 3.05) is 11.9 Å². The zero-order chi connectivity index (χ0) is 29.0. The highest BCUT2D eigenvalue weighted by atomic mass is 16.5. The number of allylic oxidation sites excluding steroid dienone is 2. The molecule has 0 aliphatic carbocycles. The van der Waals surface area contributed by atoms with E-state index in [-0.39, 0.29) is 5.78 Å². The summed E-state index contributed by atoms with van der Waals surface area (Å²) < 4.78 is 5.91. The second-order valence-corrected chi connectivity index (χ2v) is 9.25. The van der Waals surface area contributed by atoms with E-state index in [1.54, 1.807) is 6.92 Å².